The van der Waals surface area contributed by atoms with Crippen molar-refractivity contribution in [3.05, 3.63) is 62.7 Å². The first-order chi connectivity index (χ1) is 18.1. The predicted molar refractivity (Wildman–Crippen MR) is 137 cm³/mol. The van der Waals surface area contributed by atoms with Crippen molar-refractivity contribution in [1.29, 1.82) is 0 Å². The third kappa shape index (κ3) is 4.39. The number of piperazine rings is 1. The molecule has 0 bridgehead atoms. The summed E-state index contributed by atoms with van der Waals surface area (Å²) in [6.07, 6.45) is 2.60. The molecule has 2 aromatic heterocycles. The Morgan fingerprint density at radius 2 is 2.03 bits per heavy atom. The van der Waals surface area contributed by atoms with Gasteiger partial charge in [-0.15, -0.1) is 0 Å². The van der Waals surface area contributed by atoms with E-state index < -0.39 is 28.6 Å². The normalized spacial score (nSPS) is 19.9. The maximum atomic E-state index is 15.9. The molecule has 1 aromatic carbocycles. The van der Waals surface area contributed by atoms with E-state index in [9.17, 15) is 14.7 Å². The number of anilines is 1. The van der Waals surface area contributed by atoms with Gasteiger partial charge in [0.15, 0.2) is 12.1 Å². The van der Waals surface area contributed by atoms with Crippen LogP contribution in [-0.2, 0) is 24.4 Å². The number of carboxylic acid groups (broad SMARTS) is 1. The van der Waals surface area contributed by atoms with Gasteiger partial charge in [0.05, 0.1) is 23.2 Å². The van der Waals surface area contributed by atoms with Crippen molar-refractivity contribution >= 4 is 22.6 Å². The second-order valence-corrected chi connectivity index (χ2v) is 9.82. The molecule has 38 heavy (non-hydrogen) atoms. The number of pyridine rings is 2. The highest BCUT2D eigenvalue weighted by molar-refractivity contribution is 5.93. The molecule has 4 heterocycles. The largest absolute Gasteiger partial charge is 0.477 e. The maximum Gasteiger partial charge on any atom is 0.341 e. The lowest BCUT2D eigenvalue weighted by Crippen LogP contribution is -2.52. The van der Waals surface area contributed by atoms with Crippen LogP contribution in [-0.4, -0.2) is 57.5 Å². The number of halogens is 2. The average Bonchev–Trinajstić information content (AvgIpc) is 2.87. The minimum Gasteiger partial charge on any atom is -0.477 e. The van der Waals surface area contributed by atoms with E-state index in [-0.39, 0.29) is 35.5 Å². The summed E-state index contributed by atoms with van der Waals surface area (Å²) in [5.74, 6) is -2.44. The highest BCUT2D eigenvalue weighted by Gasteiger charge is 2.31. The van der Waals surface area contributed by atoms with Gasteiger partial charge in [-0.1, -0.05) is 0 Å². The van der Waals surface area contributed by atoms with E-state index in [1.165, 1.54) is 4.57 Å². The Morgan fingerprint density at radius 3 is 2.71 bits per heavy atom. The van der Waals surface area contributed by atoms with Crippen LogP contribution in [0, 0.1) is 18.6 Å². The summed E-state index contributed by atoms with van der Waals surface area (Å²) in [5, 5.41) is 9.08. The summed E-state index contributed by atoms with van der Waals surface area (Å²) in [6.45, 7) is 9.92. The molecule has 1 N–H and O–H groups in total. The van der Waals surface area contributed by atoms with E-state index in [1.54, 1.807) is 11.8 Å². The zero-order valence-electron chi connectivity index (χ0n) is 21.8. The Bertz CT molecular complexity index is 1490. The lowest BCUT2D eigenvalue weighted by Gasteiger charge is -2.41. The van der Waals surface area contributed by atoms with Crippen LogP contribution in [0.4, 0.5) is 14.5 Å². The summed E-state index contributed by atoms with van der Waals surface area (Å²) in [6, 6.07) is 0.902. The molecule has 0 radical (unpaired) electrons. The number of aryl methyl sites for hydroxylation is 2. The van der Waals surface area contributed by atoms with E-state index in [2.05, 4.69) is 9.88 Å². The molecule has 5 rings (SSSR count). The van der Waals surface area contributed by atoms with E-state index in [1.807, 2.05) is 27.0 Å². The van der Waals surface area contributed by atoms with Gasteiger partial charge < -0.3 is 24.0 Å². The molecule has 0 amide bonds. The standard InChI is InChI=1S/C27H30F2N4O5/c1-5-31-12-19(27(35)36)25(34)18-8-21(28)24(22(29)23(18)31)33-7-6-32(14(2)10-33)11-17-9-30-15(3)26-20(17)13-37-16(4)38-26/h8-9,12,14,16H,5-7,10-11,13H2,1-4H3,(H,35,36). The van der Waals surface area contributed by atoms with Crippen LogP contribution in [0.2, 0.25) is 0 Å². The monoisotopic (exact) mass is 528 g/mol. The number of hydrogen-bond acceptors (Lipinski definition) is 7. The molecule has 2 atom stereocenters. The number of fused-ring (bicyclic) bond motifs is 2. The molecular weight excluding hydrogens is 498 g/mol. The lowest BCUT2D eigenvalue weighted by atomic mass is 10.0. The Hall–Kier alpha value is -3.57. The maximum absolute atomic E-state index is 15.9. The number of benzene rings is 1. The van der Waals surface area contributed by atoms with Gasteiger partial charge in [-0.3, -0.25) is 14.7 Å². The molecule has 2 aliphatic heterocycles. The van der Waals surface area contributed by atoms with Crippen LogP contribution in [0.25, 0.3) is 10.9 Å². The van der Waals surface area contributed by atoms with Crippen LogP contribution >= 0.6 is 0 Å². The van der Waals surface area contributed by atoms with E-state index >= 15 is 8.78 Å². The molecule has 1 fully saturated rings. The average molecular weight is 529 g/mol. The molecule has 9 nitrogen and oxygen atoms in total. The highest BCUT2D eigenvalue weighted by Crippen LogP contribution is 2.34. The minimum atomic E-state index is -1.44. The Balaban J connectivity index is 1.43. The Labute approximate surface area is 218 Å². The first-order valence-corrected chi connectivity index (χ1v) is 12.6. The fourth-order valence-electron chi connectivity index (χ4n) is 5.35. The first kappa shape index (κ1) is 26.1. The summed E-state index contributed by atoms with van der Waals surface area (Å²) in [4.78, 5) is 32.5. The summed E-state index contributed by atoms with van der Waals surface area (Å²) >= 11 is 0. The third-order valence-electron chi connectivity index (χ3n) is 7.41. The third-order valence-corrected chi connectivity index (χ3v) is 7.41. The van der Waals surface area contributed by atoms with E-state index in [0.29, 0.717) is 32.8 Å². The molecule has 11 heteroatoms. The number of hydrogen-bond donors (Lipinski definition) is 1. The number of aromatic nitrogens is 2. The van der Waals surface area contributed by atoms with Gasteiger partial charge in [0.2, 0.25) is 5.43 Å². The second-order valence-electron chi connectivity index (χ2n) is 9.82. The zero-order valence-corrected chi connectivity index (χ0v) is 21.8. The van der Waals surface area contributed by atoms with Gasteiger partial charge in [0, 0.05) is 56.7 Å². The quantitative estimate of drug-likeness (QED) is 0.536. The molecule has 0 aliphatic carbocycles. The van der Waals surface area contributed by atoms with Crippen molar-refractivity contribution in [3.8, 4) is 5.75 Å². The van der Waals surface area contributed by atoms with Crippen molar-refractivity contribution < 1.29 is 28.2 Å². The zero-order chi connectivity index (χ0) is 27.3. The topological polar surface area (TPSA) is 97.1 Å². The van der Waals surface area contributed by atoms with E-state index in [4.69, 9.17) is 9.47 Å². The minimum absolute atomic E-state index is 0.0534. The van der Waals surface area contributed by atoms with E-state index in [0.717, 1.165) is 34.8 Å². The molecule has 3 aromatic rings. The number of aromatic carboxylic acids is 1. The van der Waals surface area contributed by atoms with Crippen molar-refractivity contribution in [2.75, 3.05) is 24.5 Å². The molecule has 0 spiro atoms. The van der Waals surface area contributed by atoms with Crippen LogP contribution in [0.3, 0.4) is 0 Å². The number of ether oxygens (including phenoxy) is 2. The van der Waals surface area contributed by atoms with Crippen LogP contribution in [0.5, 0.6) is 5.75 Å². The molecule has 202 valence electrons. The number of rotatable bonds is 5. The smallest absolute Gasteiger partial charge is 0.341 e. The van der Waals surface area contributed by atoms with Crippen molar-refractivity contribution in [3.63, 3.8) is 0 Å². The van der Waals surface area contributed by atoms with Crippen molar-refractivity contribution in [2.45, 2.75) is 59.7 Å². The van der Waals surface area contributed by atoms with Crippen LogP contribution < -0.4 is 15.1 Å². The summed E-state index contributed by atoms with van der Waals surface area (Å²) in [7, 11) is 0. The highest BCUT2D eigenvalue weighted by atomic mass is 19.1. The summed E-state index contributed by atoms with van der Waals surface area (Å²) in [5.41, 5.74) is 1.03. The van der Waals surface area contributed by atoms with Crippen molar-refractivity contribution in [1.82, 2.24) is 14.5 Å². The van der Waals surface area contributed by atoms with Gasteiger partial charge in [-0.25, -0.2) is 13.6 Å². The predicted octanol–water partition coefficient (Wildman–Crippen LogP) is 3.67. The number of nitrogens with zero attached hydrogens (tertiary/aromatic N) is 4. The second kappa shape index (κ2) is 9.95. The van der Waals surface area contributed by atoms with Crippen molar-refractivity contribution in [2.24, 2.45) is 0 Å². The molecule has 2 unspecified atom stereocenters. The Kier molecular flexibility index (Phi) is 6.83. The first-order valence-electron chi connectivity index (χ1n) is 12.6. The van der Waals surface area contributed by atoms with Gasteiger partial charge in [0.1, 0.15) is 22.8 Å². The SMILES string of the molecule is CCn1cc(C(=O)O)c(=O)c2cc(F)c(N3CCN(Cc4cnc(C)c5c4COC(C)O5)C(C)C3)c(F)c21. The van der Waals surface area contributed by atoms with Gasteiger partial charge >= 0.3 is 5.97 Å². The fraction of sp³-hybridized carbons (Fsp3) is 0.444. The molecular formula is C27H30F2N4O5. The van der Waals surface area contributed by atoms with Gasteiger partial charge in [0.25, 0.3) is 0 Å². The van der Waals surface area contributed by atoms with Gasteiger partial charge in [-0.2, -0.15) is 0 Å². The fourth-order valence-corrected chi connectivity index (χ4v) is 5.35. The molecule has 1 saturated heterocycles. The number of carboxylic acids is 1. The molecule has 2 aliphatic rings. The lowest BCUT2D eigenvalue weighted by molar-refractivity contribution is -0.0956. The number of carbonyl (C=O) groups is 1. The Morgan fingerprint density at radius 1 is 1.26 bits per heavy atom. The van der Waals surface area contributed by atoms with Crippen LogP contribution in [0.15, 0.2) is 23.3 Å². The van der Waals surface area contributed by atoms with Crippen LogP contribution in [0.1, 0.15) is 48.0 Å². The summed E-state index contributed by atoms with van der Waals surface area (Å²) < 4.78 is 44.1. The van der Waals surface area contributed by atoms with Gasteiger partial charge in [-0.05, 0) is 39.3 Å². The molecule has 0 saturated carbocycles.